The Bertz CT molecular complexity index is 1340. The molecule has 0 N–H and O–H groups in total. The molecule has 0 amide bonds. The molecular weight excluding hydrogens is 436 g/mol. The molecule has 1 atom stereocenters. The highest BCUT2D eigenvalue weighted by Gasteiger charge is 2.16. The van der Waals surface area contributed by atoms with Gasteiger partial charge in [-0.2, -0.15) is 4.36 Å². The van der Waals surface area contributed by atoms with E-state index in [2.05, 4.69) is 9.35 Å². The molecule has 2 aromatic heterocycles. The van der Waals surface area contributed by atoms with Crippen LogP contribution in [-0.4, -0.2) is 20.4 Å². The van der Waals surface area contributed by atoms with Crippen LogP contribution in [0.5, 0.6) is 0 Å². The van der Waals surface area contributed by atoms with Crippen molar-refractivity contribution in [3.8, 4) is 21.7 Å². The van der Waals surface area contributed by atoms with Crippen molar-refractivity contribution in [2.75, 3.05) is 6.26 Å². The zero-order valence-corrected chi connectivity index (χ0v) is 18.5. The summed E-state index contributed by atoms with van der Waals surface area (Å²) in [6.45, 7) is 2.03. The maximum Gasteiger partial charge on any atom is 0.162 e. The van der Waals surface area contributed by atoms with Gasteiger partial charge in [0.1, 0.15) is 11.6 Å². The van der Waals surface area contributed by atoms with Crippen LogP contribution >= 0.6 is 11.3 Å². The van der Waals surface area contributed by atoms with Crippen molar-refractivity contribution >= 4 is 26.9 Å². The number of hydrogen-bond acceptors (Lipinski definition) is 5. The van der Waals surface area contributed by atoms with Gasteiger partial charge in [-0.3, -0.25) is 0 Å². The Balaban J connectivity index is 1.79. The van der Waals surface area contributed by atoms with Gasteiger partial charge in [0.25, 0.3) is 0 Å². The average Bonchev–Trinajstić information content (AvgIpc) is 3.19. The summed E-state index contributed by atoms with van der Waals surface area (Å²) in [5, 5.41) is 0.954. The Morgan fingerprint density at radius 1 is 0.968 bits per heavy atom. The molecule has 4 aromatic rings. The third-order valence-electron chi connectivity index (χ3n) is 4.62. The standard InChI is InChI=1S/C23H19F2N3OS2/c1-3-21-27-22(15-4-6-17(24)7-5-15)23(30-21)16-12-13-26-20(14-16)28-31(2,29)19-10-8-18(25)9-11-19/h4-14H,3H2,1-2H3. The molecule has 0 aliphatic heterocycles. The molecule has 4 rings (SSSR count). The van der Waals surface area contributed by atoms with Gasteiger partial charge in [0.2, 0.25) is 0 Å². The van der Waals surface area contributed by atoms with Crippen LogP contribution in [0.4, 0.5) is 14.6 Å². The number of halogens is 2. The summed E-state index contributed by atoms with van der Waals surface area (Å²) in [5.74, 6) is -0.394. The maximum atomic E-state index is 13.4. The van der Waals surface area contributed by atoms with Gasteiger partial charge in [-0.05, 0) is 72.6 Å². The number of hydrogen-bond donors (Lipinski definition) is 0. The first-order valence-corrected chi connectivity index (χ1v) is 12.3. The van der Waals surface area contributed by atoms with Crippen LogP contribution in [0.3, 0.4) is 0 Å². The minimum absolute atomic E-state index is 0.306. The molecule has 0 spiro atoms. The zero-order chi connectivity index (χ0) is 22.0. The van der Waals surface area contributed by atoms with E-state index < -0.39 is 15.5 Å². The van der Waals surface area contributed by atoms with Crippen LogP contribution in [0.1, 0.15) is 11.9 Å². The van der Waals surface area contributed by atoms with Gasteiger partial charge >= 0.3 is 0 Å². The maximum absolute atomic E-state index is 13.4. The number of rotatable bonds is 5. The molecule has 0 aliphatic rings. The molecule has 1 unspecified atom stereocenters. The van der Waals surface area contributed by atoms with Crippen molar-refractivity contribution in [1.82, 2.24) is 9.97 Å². The summed E-state index contributed by atoms with van der Waals surface area (Å²) in [6, 6.07) is 15.3. The van der Waals surface area contributed by atoms with Gasteiger partial charge in [-0.15, -0.1) is 11.3 Å². The highest BCUT2D eigenvalue weighted by atomic mass is 32.2. The minimum Gasteiger partial charge on any atom is -0.245 e. The molecule has 0 fully saturated rings. The number of pyridine rings is 1. The summed E-state index contributed by atoms with van der Waals surface area (Å²) < 4.78 is 44.1. The molecular formula is C23H19F2N3OS2. The number of thiazole rings is 1. The molecule has 0 aliphatic carbocycles. The van der Waals surface area contributed by atoms with Crippen LogP contribution < -0.4 is 0 Å². The highest BCUT2D eigenvalue weighted by molar-refractivity contribution is 7.93. The van der Waals surface area contributed by atoms with Gasteiger partial charge in [-0.1, -0.05) is 6.92 Å². The summed E-state index contributed by atoms with van der Waals surface area (Å²) >= 11 is 1.55. The molecule has 4 nitrogen and oxygen atoms in total. The topological polar surface area (TPSA) is 55.2 Å². The van der Waals surface area contributed by atoms with E-state index in [1.54, 1.807) is 35.7 Å². The van der Waals surface area contributed by atoms with Crippen LogP contribution in [0.25, 0.3) is 21.7 Å². The number of aryl methyl sites for hydroxylation is 1. The fraction of sp³-hybridized carbons (Fsp3) is 0.130. The van der Waals surface area contributed by atoms with E-state index in [-0.39, 0.29) is 5.82 Å². The number of benzene rings is 2. The Labute approximate surface area is 183 Å². The largest absolute Gasteiger partial charge is 0.245 e. The van der Waals surface area contributed by atoms with Crippen LogP contribution in [0, 0.1) is 11.6 Å². The Kier molecular flexibility index (Phi) is 5.93. The lowest BCUT2D eigenvalue weighted by molar-refractivity contribution is 0.626. The first kappa shape index (κ1) is 21.3. The quantitative estimate of drug-likeness (QED) is 0.345. The fourth-order valence-electron chi connectivity index (χ4n) is 3.04. The molecule has 0 radical (unpaired) electrons. The highest BCUT2D eigenvalue weighted by Crippen LogP contribution is 2.38. The Morgan fingerprint density at radius 3 is 2.26 bits per heavy atom. The lowest BCUT2D eigenvalue weighted by Crippen LogP contribution is -1.97. The van der Waals surface area contributed by atoms with Crippen LogP contribution in [-0.2, 0) is 16.1 Å². The van der Waals surface area contributed by atoms with Crippen LogP contribution in [0.15, 0.2) is 76.1 Å². The van der Waals surface area contributed by atoms with Gasteiger partial charge in [0.05, 0.1) is 25.3 Å². The van der Waals surface area contributed by atoms with E-state index in [0.717, 1.165) is 33.1 Å². The van der Waals surface area contributed by atoms with Crippen molar-refractivity contribution < 1.29 is 13.0 Å². The molecule has 0 saturated heterocycles. The van der Waals surface area contributed by atoms with E-state index in [9.17, 15) is 13.0 Å². The molecule has 0 bridgehead atoms. The molecule has 2 heterocycles. The number of aromatic nitrogens is 2. The summed E-state index contributed by atoms with van der Waals surface area (Å²) in [4.78, 5) is 10.3. The van der Waals surface area contributed by atoms with E-state index in [1.807, 2.05) is 13.0 Å². The Morgan fingerprint density at radius 2 is 1.61 bits per heavy atom. The zero-order valence-electron chi connectivity index (χ0n) is 16.9. The SMILES string of the molecule is CCc1nc(-c2ccc(F)cc2)c(-c2ccnc(N=S(C)(=O)c3ccc(F)cc3)c2)s1. The van der Waals surface area contributed by atoms with Crippen molar-refractivity contribution in [2.24, 2.45) is 4.36 Å². The first-order valence-electron chi connectivity index (χ1n) is 9.55. The minimum atomic E-state index is -2.80. The first-order chi connectivity index (χ1) is 14.9. The third kappa shape index (κ3) is 4.70. The predicted molar refractivity (Wildman–Crippen MR) is 121 cm³/mol. The molecule has 158 valence electrons. The van der Waals surface area contributed by atoms with E-state index in [0.29, 0.717) is 10.7 Å². The second-order valence-corrected chi connectivity index (χ2v) is 10.2. The average molecular weight is 456 g/mol. The van der Waals surface area contributed by atoms with Gasteiger partial charge in [0, 0.05) is 22.9 Å². The van der Waals surface area contributed by atoms with E-state index in [1.165, 1.54) is 42.7 Å². The fourth-order valence-corrected chi connectivity index (χ4v) is 5.27. The second kappa shape index (κ2) is 8.64. The van der Waals surface area contributed by atoms with Gasteiger partial charge in [0.15, 0.2) is 5.82 Å². The van der Waals surface area contributed by atoms with Gasteiger partial charge in [-0.25, -0.2) is 23.0 Å². The summed E-state index contributed by atoms with van der Waals surface area (Å²) in [5.41, 5.74) is 2.41. The van der Waals surface area contributed by atoms with Crippen molar-refractivity contribution in [2.45, 2.75) is 18.2 Å². The molecule has 31 heavy (non-hydrogen) atoms. The second-order valence-electron chi connectivity index (χ2n) is 6.90. The molecule has 2 aromatic carbocycles. The van der Waals surface area contributed by atoms with Crippen LogP contribution in [0.2, 0.25) is 0 Å². The monoisotopic (exact) mass is 455 g/mol. The van der Waals surface area contributed by atoms with Crippen molar-refractivity contribution in [3.05, 3.63) is 83.5 Å². The predicted octanol–water partition coefficient (Wildman–Crippen LogP) is 6.50. The van der Waals surface area contributed by atoms with Gasteiger partial charge < -0.3 is 0 Å². The van der Waals surface area contributed by atoms with E-state index in [4.69, 9.17) is 4.98 Å². The number of nitrogens with zero attached hydrogens (tertiary/aromatic N) is 3. The molecule has 8 heteroatoms. The summed E-state index contributed by atoms with van der Waals surface area (Å²) in [7, 11) is -2.80. The van der Waals surface area contributed by atoms with Crippen molar-refractivity contribution in [1.29, 1.82) is 0 Å². The van der Waals surface area contributed by atoms with E-state index >= 15 is 0 Å². The Hall–Kier alpha value is -2.97. The smallest absolute Gasteiger partial charge is 0.162 e. The summed E-state index contributed by atoms with van der Waals surface area (Å²) in [6.07, 6.45) is 3.88. The third-order valence-corrected chi connectivity index (χ3v) is 7.55. The normalized spacial score (nSPS) is 13.0. The lowest BCUT2D eigenvalue weighted by Gasteiger charge is -2.06. The molecule has 0 saturated carbocycles. The lowest BCUT2D eigenvalue weighted by atomic mass is 10.1. The van der Waals surface area contributed by atoms with Crippen molar-refractivity contribution in [3.63, 3.8) is 0 Å².